The molecule has 0 amide bonds. The molecule has 3 aromatic rings. The van der Waals surface area contributed by atoms with Gasteiger partial charge < -0.3 is 10.0 Å². The minimum absolute atomic E-state index is 0.000982. The minimum atomic E-state index is -0.859. The van der Waals surface area contributed by atoms with Gasteiger partial charge >= 0.3 is 5.97 Å². The topological polar surface area (TPSA) is 57.6 Å². The van der Waals surface area contributed by atoms with Crippen LogP contribution in [0.2, 0.25) is 0 Å². The lowest BCUT2D eigenvalue weighted by Gasteiger charge is -2.22. The standard InChI is InChI=1S/C23H21NO3/c25-22(26)17-24(21-9-5-2-6-10-21)16-15-18-11-13-20(14-12-18)23(27)19-7-3-1-4-8-19/h1-14H,15-17H2,(H,25,26). The molecule has 0 unspecified atom stereocenters. The first kappa shape index (κ1) is 18.4. The third kappa shape index (κ3) is 5.05. The number of carboxylic acid groups (broad SMARTS) is 1. The van der Waals surface area contributed by atoms with Gasteiger partial charge in [-0.05, 0) is 24.1 Å². The van der Waals surface area contributed by atoms with E-state index in [1.165, 1.54) is 0 Å². The fourth-order valence-corrected chi connectivity index (χ4v) is 2.94. The molecule has 0 spiro atoms. The van der Waals surface area contributed by atoms with Crippen molar-refractivity contribution in [2.75, 3.05) is 18.0 Å². The van der Waals surface area contributed by atoms with E-state index in [0.29, 0.717) is 24.1 Å². The Labute approximate surface area is 158 Å². The highest BCUT2D eigenvalue weighted by atomic mass is 16.4. The molecule has 4 nitrogen and oxygen atoms in total. The number of carbonyl (C=O) groups excluding carboxylic acids is 1. The van der Waals surface area contributed by atoms with Crippen molar-refractivity contribution < 1.29 is 14.7 Å². The highest BCUT2D eigenvalue weighted by Gasteiger charge is 2.11. The molecule has 0 aliphatic carbocycles. The number of ketones is 1. The van der Waals surface area contributed by atoms with Crippen LogP contribution in [0.5, 0.6) is 0 Å². The van der Waals surface area contributed by atoms with E-state index in [0.717, 1.165) is 11.3 Å². The van der Waals surface area contributed by atoms with Crippen LogP contribution in [0.1, 0.15) is 21.5 Å². The number of hydrogen-bond donors (Lipinski definition) is 1. The summed E-state index contributed by atoms with van der Waals surface area (Å²) >= 11 is 0. The van der Waals surface area contributed by atoms with Crippen LogP contribution in [0, 0.1) is 0 Å². The van der Waals surface area contributed by atoms with Crippen molar-refractivity contribution in [2.45, 2.75) is 6.42 Å². The molecule has 0 aromatic heterocycles. The molecule has 0 bridgehead atoms. The first-order valence-electron chi connectivity index (χ1n) is 8.84. The highest BCUT2D eigenvalue weighted by molar-refractivity contribution is 6.08. The van der Waals surface area contributed by atoms with Crippen LogP contribution >= 0.6 is 0 Å². The van der Waals surface area contributed by atoms with E-state index in [4.69, 9.17) is 5.11 Å². The molecule has 3 rings (SSSR count). The SMILES string of the molecule is O=C(O)CN(CCc1ccc(C(=O)c2ccccc2)cc1)c1ccccc1. The number of aliphatic carboxylic acids is 1. The average molecular weight is 359 g/mol. The number of rotatable bonds is 8. The van der Waals surface area contributed by atoms with Crippen LogP contribution < -0.4 is 4.90 Å². The number of anilines is 1. The smallest absolute Gasteiger partial charge is 0.323 e. The van der Waals surface area contributed by atoms with E-state index in [1.54, 1.807) is 12.1 Å². The lowest BCUT2D eigenvalue weighted by atomic mass is 10.0. The van der Waals surface area contributed by atoms with E-state index < -0.39 is 5.97 Å². The monoisotopic (exact) mass is 359 g/mol. The first-order valence-corrected chi connectivity index (χ1v) is 8.84. The van der Waals surface area contributed by atoms with Crippen molar-refractivity contribution in [3.8, 4) is 0 Å². The summed E-state index contributed by atoms with van der Waals surface area (Å²) in [7, 11) is 0. The van der Waals surface area contributed by atoms with Crippen molar-refractivity contribution in [3.63, 3.8) is 0 Å². The van der Waals surface area contributed by atoms with Crippen molar-refractivity contribution >= 4 is 17.4 Å². The Bertz CT molecular complexity index is 890. The molecule has 0 aliphatic heterocycles. The Kier molecular flexibility index (Phi) is 6.00. The van der Waals surface area contributed by atoms with Gasteiger partial charge in [-0.15, -0.1) is 0 Å². The summed E-state index contributed by atoms with van der Waals surface area (Å²) in [5.74, 6) is -0.860. The van der Waals surface area contributed by atoms with Crippen molar-refractivity contribution in [3.05, 3.63) is 102 Å². The maximum atomic E-state index is 12.5. The highest BCUT2D eigenvalue weighted by Crippen LogP contribution is 2.15. The molecule has 27 heavy (non-hydrogen) atoms. The second-order valence-corrected chi connectivity index (χ2v) is 6.29. The van der Waals surface area contributed by atoms with Crippen molar-refractivity contribution in [2.24, 2.45) is 0 Å². The fourth-order valence-electron chi connectivity index (χ4n) is 2.94. The van der Waals surface area contributed by atoms with Crippen LogP contribution in [0.4, 0.5) is 5.69 Å². The fraction of sp³-hybridized carbons (Fsp3) is 0.130. The average Bonchev–Trinajstić information content (AvgIpc) is 2.72. The summed E-state index contributed by atoms with van der Waals surface area (Å²) in [6.45, 7) is 0.539. The third-order valence-electron chi connectivity index (χ3n) is 4.37. The zero-order valence-corrected chi connectivity index (χ0v) is 14.9. The summed E-state index contributed by atoms with van der Waals surface area (Å²) in [6, 6.07) is 26.2. The second kappa shape index (κ2) is 8.81. The summed E-state index contributed by atoms with van der Waals surface area (Å²) < 4.78 is 0. The second-order valence-electron chi connectivity index (χ2n) is 6.29. The van der Waals surface area contributed by atoms with Crippen LogP contribution in [0.3, 0.4) is 0 Å². The van der Waals surface area contributed by atoms with E-state index in [9.17, 15) is 9.59 Å². The lowest BCUT2D eigenvalue weighted by Crippen LogP contribution is -2.31. The Morgan fingerprint density at radius 1 is 0.741 bits per heavy atom. The van der Waals surface area contributed by atoms with Gasteiger partial charge in [0, 0.05) is 23.4 Å². The maximum absolute atomic E-state index is 12.5. The Balaban J connectivity index is 1.66. The van der Waals surface area contributed by atoms with E-state index in [1.807, 2.05) is 77.7 Å². The van der Waals surface area contributed by atoms with E-state index in [2.05, 4.69) is 0 Å². The molecular weight excluding hydrogens is 338 g/mol. The van der Waals surface area contributed by atoms with Crippen molar-refractivity contribution in [1.29, 1.82) is 0 Å². The Morgan fingerprint density at radius 2 is 1.30 bits per heavy atom. The summed E-state index contributed by atoms with van der Waals surface area (Å²) in [6.07, 6.45) is 0.696. The summed E-state index contributed by atoms with van der Waals surface area (Å²) in [5, 5.41) is 9.17. The molecule has 0 saturated carbocycles. The molecule has 1 N–H and O–H groups in total. The molecule has 0 radical (unpaired) electrons. The van der Waals surface area contributed by atoms with E-state index in [-0.39, 0.29) is 12.3 Å². The third-order valence-corrected chi connectivity index (χ3v) is 4.37. The number of nitrogens with zero attached hydrogens (tertiary/aromatic N) is 1. The number of hydrogen-bond acceptors (Lipinski definition) is 3. The van der Waals surface area contributed by atoms with Gasteiger partial charge in [-0.2, -0.15) is 0 Å². The minimum Gasteiger partial charge on any atom is -0.480 e. The van der Waals surface area contributed by atoms with Crippen LogP contribution in [0.25, 0.3) is 0 Å². The number of carbonyl (C=O) groups is 2. The maximum Gasteiger partial charge on any atom is 0.323 e. The molecule has 4 heteroatoms. The van der Waals surface area contributed by atoms with Gasteiger partial charge in [-0.3, -0.25) is 9.59 Å². The van der Waals surface area contributed by atoms with Gasteiger partial charge in [0.1, 0.15) is 6.54 Å². The first-order chi connectivity index (χ1) is 13.1. The normalized spacial score (nSPS) is 10.4. The molecule has 0 fully saturated rings. The largest absolute Gasteiger partial charge is 0.480 e. The molecule has 0 aliphatic rings. The molecule has 136 valence electrons. The zero-order valence-electron chi connectivity index (χ0n) is 14.9. The van der Waals surface area contributed by atoms with Gasteiger partial charge in [0.25, 0.3) is 0 Å². The number of para-hydroxylation sites is 1. The molecule has 0 atom stereocenters. The zero-order chi connectivity index (χ0) is 19.1. The van der Waals surface area contributed by atoms with Crippen LogP contribution in [0.15, 0.2) is 84.9 Å². The molecular formula is C23H21NO3. The predicted octanol–water partition coefficient (Wildman–Crippen LogP) is 4.05. The quantitative estimate of drug-likeness (QED) is 0.617. The van der Waals surface area contributed by atoms with Gasteiger partial charge in [0.2, 0.25) is 0 Å². The molecule has 0 heterocycles. The van der Waals surface area contributed by atoms with Crippen LogP contribution in [-0.4, -0.2) is 29.9 Å². The number of benzene rings is 3. The lowest BCUT2D eigenvalue weighted by molar-refractivity contribution is -0.135. The number of carboxylic acids is 1. The Hall–Kier alpha value is -3.40. The van der Waals surface area contributed by atoms with Gasteiger partial charge in [-0.25, -0.2) is 0 Å². The molecule has 3 aromatic carbocycles. The summed E-state index contributed by atoms with van der Waals surface area (Å²) in [4.78, 5) is 25.5. The Morgan fingerprint density at radius 3 is 1.89 bits per heavy atom. The van der Waals surface area contributed by atoms with Crippen molar-refractivity contribution in [1.82, 2.24) is 0 Å². The van der Waals surface area contributed by atoms with Crippen LogP contribution in [-0.2, 0) is 11.2 Å². The predicted molar refractivity (Wildman–Crippen MR) is 106 cm³/mol. The van der Waals surface area contributed by atoms with E-state index >= 15 is 0 Å². The van der Waals surface area contributed by atoms with Gasteiger partial charge in [-0.1, -0.05) is 72.8 Å². The van der Waals surface area contributed by atoms with Gasteiger partial charge in [0.15, 0.2) is 5.78 Å². The van der Waals surface area contributed by atoms with Gasteiger partial charge in [0.05, 0.1) is 0 Å². The summed E-state index contributed by atoms with van der Waals surface area (Å²) in [5.41, 5.74) is 3.26. The molecule has 0 saturated heterocycles.